The molecule has 24 heavy (non-hydrogen) atoms. The second-order valence-corrected chi connectivity index (χ2v) is 5.78. The number of nitrogens with one attached hydrogen (secondary N) is 1. The van der Waals surface area contributed by atoms with Crippen molar-refractivity contribution < 1.29 is 0 Å². The number of H-pyrrole nitrogens is 1. The predicted molar refractivity (Wildman–Crippen MR) is 91.6 cm³/mol. The van der Waals surface area contributed by atoms with Crippen LogP contribution in [-0.4, -0.2) is 30.4 Å². The molecule has 0 amide bonds. The second kappa shape index (κ2) is 5.73. The molecule has 2 aromatic carbocycles. The van der Waals surface area contributed by atoms with Gasteiger partial charge in [0.15, 0.2) is 5.82 Å². The van der Waals surface area contributed by atoms with E-state index in [0.717, 1.165) is 22.5 Å². The lowest BCUT2D eigenvalue weighted by Gasteiger charge is -2.06. The highest BCUT2D eigenvalue weighted by atomic mass is 15.5. The van der Waals surface area contributed by atoms with Crippen molar-refractivity contribution in [2.45, 2.75) is 13.8 Å². The summed E-state index contributed by atoms with van der Waals surface area (Å²) >= 11 is 0. The molecule has 0 saturated heterocycles. The minimum Gasteiger partial charge on any atom is -0.277 e. The van der Waals surface area contributed by atoms with E-state index in [0.29, 0.717) is 5.82 Å². The van der Waals surface area contributed by atoms with Crippen LogP contribution in [0.5, 0.6) is 0 Å². The standard InChI is InChI=1S/C18H16N6/c1-12-6-8-15(9-7-12)24-18(21-22-23-24)16-11-19-20-17(16)14-5-3-4-13(2)10-14/h3-11H,1-2H3,(H,19,20). The largest absolute Gasteiger partial charge is 0.277 e. The average molecular weight is 316 g/mol. The number of hydrogen-bond acceptors (Lipinski definition) is 4. The van der Waals surface area contributed by atoms with Gasteiger partial charge in [0, 0.05) is 5.56 Å². The van der Waals surface area contributed by atoms with E-state index in [1.165, 1.54) is 11.1 Å². The third-order valence-electron chi connectivity index (χ3n) is 3.94. The topological polar surface area (TPSA) is 72.3 Å². The van der Waals surface area contributed by atoms with Crippen molar-refractivity contribution >= 4 is 0 Å². The van der Waals surface area contributed by atoms with Crippen molar-refractivity contribution in [2.75, 3.05) is 0 Å². The summed E-state index contributed by atoms with van der Waals surface area (Å²) in [4.78, 5) is 0. The smallest absolute Gasteiger partial charge is 0.190 e. The van der Waals surface area contributed by atoms with Crippen LogP contribution in [0.3, 0.4) is 0 Å². The van der Waals surface area contributed by atoms with Crippen LogP contribution < -0.4 is 0 Å². The minimum atomic E-state index is 0.657. The third kappa shape index (κ3) is 2.48. The second-order valence-electron chi connectivity index (χ2n) is 5.78. The normalized spacial score (nSPS) is 10.9. The number of nitrogens with zero attached hydrogens (tertiary/aromatic N) is 5. The summed E-state index contributed by atoms with van der Waals surface area (Å²) in [5.41, 5.74) is 6.12. The monoisotopic (exact) mass is 316 g/mol. The van der Waals surface area contributed by atoms with Gasteiger partial charge in [-0.15, -0.1) is 5.10 Å². The van der Waals surface area contributed by atoms with Gasteiger partial charge in [0.05, 0.1) is 23.1 Å². The lowest BCUT2D eigenvalue weighted by atomic mass is 10.1. The zero-order chi connectivity index (χ0) is 16.5. The average Bonchev–Trinajstić information content (AvgIpc) is 3.24. The highest BCUT2D eigenvalue weighted by Gasteiger charge is 2.17. The molecule has 4 aromatic rings. The van der Waals surface area contributed by atoms with Crippen LogP contribution in [0.25, 0.3) is 28.3 Å². The molecular formula is C18H16N6. The fourth-order valence-corrected chi connectivity index (χ4v) is 2.69. The molecule has 4 rings (SSSR count). The molecule has 0 atom stereocenters. The molecule has 118 valence electrons. The Hall–Kier alpha value is -3.28. The van der Waals surface area contributed by atoms with Crippen molar-refractivity contribution in [3.05, 3.63) is 65.9 Å². The maximum Gasteiger partial charge on any atom is 0.190 e. The molecule has 2 heterocycles. The van der Waals surface area contributed by atoms with Crippen LogP contribution >= 0.6 is 0 Å². The number of aromatic amines is 1. The Morgan fingerprint density at radius 3 is 2.58 bits per heavy atom. The van der Waals surface area contributed by atoms with Crippen molar-refractivity contribution in [3.63, 3.8) is 0 Å². The number of aryl methyl sites for hydroxylation is 2. The molecule has 0 aliphatic carbocycles. The van der Waals surface area contributed by atoms with E-state index in [4.69, 9.17) is 0 Å². The first-order valence-corrected chi connectivity index (χ1v) is 7.68. The van der Waals surface area contributed by atoms with E-state index in [9.17, 15) is 0 Å². The first-order chi connectivity index (χ1) is 11.7. The Morgan fingerprint density at radius 2 is 1.79 bits per heavy atom. The first-order valence-electron chi connectivity index (χ1n) is 7.68. The fraction of sp³-hybridized carbons (Fsp3) is 0.111. The van der Waals surface area contributed by atoms with Crippen LogP contribution in [0.4, 0.5) is 0 Å². The van der Waals surface area contributed by atoms with E-state index in [2.05, 4.69) is 51.7 Å². The van der Waals surface area contributed by atoms with E-state index >= 15 is 0 Å². The third-order valence-corrected chi connectivity index (χ3v) is 3.94. The zero-order valence-corrected chi connectivity index (χ0v) is 13.4. The van der Waals surface area contributed by atoms with Gasteiger partial charge >= 0.3 is 0 Å². The van der Waals surface area contributed by atoms with Crippen LogP contribution in [-0.2, 0) is 0 Å². The zero-order valence-electron chi connectivity index (χ0n) is 13.4. The molecule has 0 aliphatic rings. The maximum atomic E-state index is 4.21. The van der Waals surface area contributed by atoms with E-state index in [1.807, 2.05) is 36.4 Å². The Bertz CT molecular complexity index is 981. The fourth-order valence-electron chi connectivity index (χ4n) is 2.69. The number of rotatable bonds is 3. The van der Waals surface area contributed by atoms with Crippen LogP contribution in [0.15, 0.2) is 54.7 Å². The maximum absolute atomic E-state index is 4.21. The van der Waals surface area contributed by atoms with Gasteiger partial charge in [-0.25, -0.2) is 0 Å². The highest BCUT2D eigenvalue weighted by molar-refractivity contribution is 5.77. The summed E-state index contributed by atoms with van der Waals surface area (Å²) in [7, 11) is 0. The molecule has 0 aliphatic heterocycles. The van der Waals surface area contributed by atoms with Gasteiger partial charge in [-0.05, 0) is 42.5 Å². The summed E-state index contributed by atoms with van der Waals surface area (Å²) in [5.74, 6) is 0.657. The molecule has 6 nitrogen and oxygen atoms in total. The molecule has 0 bridgehead atoms. The predicted octanol–water partition coefficient (Wildman–Crippen LogP) is 3.34. The van der Waals surface area contributed by atoms with Crippen LogP contribution in [0, 0.1) is 13.8 Å². The molecule has 0 radical (unpaired) electrons. The summed E-state index contributed by atoms with van der Waals surface area (Å²) < 4.78 is 1.73. The number of tetrazole rings is 1. The Morgan fingerprint density at radius 1 is 0.958 bits per heavy atom. The molecule has 6 heteroatoms. The molecule has 1 N–H and O–H groups in total. The van der Waals surface area contributed by atoms with Crippen LogP contribution in [0.2, 0.25) is 0 Å². The number of aromatic nitrogens is 6. The Labute approximate surface area is 139 Å². The van der Waals surface area contributed by atoms with Gasteiger partial charge in [0.1, 0.15) is 0 Å². The minimum absolute atomic E-state index is 0.657. The van der Waals surface area contributed by atoms with E-state index in [1.54, 1.807) is 10.9 Å². The van der Waals surface area contributed by atoms with E-state index in [-0.39, 0.29) is 0 Å². The van der Waals surface area contributed by atoms with Crippen molar-refractivity contribution in [3.8, 4) is 28.3 Å². The molecule has 0 unspecified atom stereocenters. The van der Waals surface area contributed by atoms with Crippen LogP contribution in [0.1, 0.15) is 11.1 Å². The highest BCUT2D eigenvalue weighted by Crippen LogP contribution is 2.29. The lowest BCUT2D eigenvalue weighted by molar-refractivity contribution is 0.791. The molecule has 0 fully saturated rings. The van der Waals surface area contributed by atoms with Gasteiger partial charge in [0.25, 0.3) is 0 Å². The quantitative estimate of drug-likeness (QED) is 0.629. The Kier molecular flexibility index (Phi) is 3.42. The lowest BCUT2D eigenvalue weighted by Crippen LogP contribution is -2.00. The molecule has 0 spiro atoms. The summed E-state index contributed by atoms with van der Waals surface area (Å²) in [6.07, 6.45) is 1.76. The summed E-state index contributed by atoms with van der Waals surface area (Å²) in [6, 6.07) is 16.3. The van der Waals surface area contributed by atoms with Crippen molar-refractivity contribution in [2.24, 2.45) is 0 Å². The summed E-state index contributed by atoms with van der Waals surface area (Å²) in [5, 5.41) is 19.5. The van der Waals surface area contributed by atoms with Gasteiger partial charge in [-0.2, -0.15) is 9.78 Å². The number of hydrogen-bond donors (Lipinski definition) is 1. The first kappa shape index (κ1) is 14.3. The van der Waals surface area contributed by atoms with Gasteiger partial charge < -0.3 is 0 Å². The molecule has 2 aromatic heterocycles. The van der Waals surface area contributed by atoms with E-state index < -0.39 is 0 Å². The summed E-state index contributed by atoms with van der Waals surface area (Å²) in [6.45, 7) is 4.12. The van der Waals surface area contributed by atoms with Gasteiger partial charge in [-0.3, -0.25) is 5.10 Å². The van der Waals surface area contributed by atoms with Gasteiger partial charge in [-0.1, -0.05) is 41.5 Å². The van der Waals surface area contributed by atoms with Crippen molar-refractivity contribution in [1.82, 2.24) is 30.4 Å². The van der Waals surface area contributed by atoms with Gasteiger partial charge in [0.2, 0.25) is 0 Å². The molecule has 0 saturated carbocycles. The molecular weight excluding hydrogens is 300 g/mol. The Balaban J connectivity index is 1.84. The number of benzene rings is 2. The van der Waals surface area contributed by atoms with Crippen molar-refractivity contribution in [1.29, 1.82) is 0 Å². The SMILES string of the molecule is Cc1ccc(-n2nnnc2-c2cn[nH]c2-c2cccc(C)c2)cc1.